The van der Waals surface area contributed by atoms with Crippen molar-refractivity contribution in [3.8, 4) is 33.4 Å². The average molecular weight is 565 g/mol. The van der Waals surface area contributed by atoms with Crippen molar-refractivity contribution in [1.29, 1.82) is 0 Å². The zero-order valence-electron chi connectivity index (χ0n) is 48.4. The summed E-state index contributed by atoms with van der Waals surface area (Å²) < 4.78 is 226. The molecule has 0 aliphatic carbocycles. The van der Waals surface area contributed by atoms with Crippen LogP contribution in [0.15, 0.2) is 109 Å². The van der Waals surface area contributed by atoms with E-state index in [0.717, 1.165) is 0 Å². The number of rotatable bonds is 5. The van der Waals surface area contributed by atoms with Gasteiger partial charge in [-0.15, -0.1) is 0 Å². The summed E-state index contributed by atoms with van der Waals surface area (Å²) in [6, 6.07) is -9.59. The molecular weight excluding hydrogens is 496 g/mol. The number of nitrogens with two attached hydrogens (primary N) is 1. The highest BCUT2D eigenvalue weighted by molar-refractivity contribution is 5.94. The zero-order valence-corrected chi connectivity index (χ0v) is 22.4. The van der Waals surface area contributed by atoms with Gasteiger partial charge in [-0.3, -0.25) is 0 Å². The molecule has 0 spiro atoms. The van der Waals surface area contributed by atoms with Crippen molar-refractivity contribution in [3.63, 3.8) is 0 Å². The maximum atomic E-state index is 9.32. The molecule has 0 atom stereocenters. The van der Waals surface area contributed by atoms with Gasteiger partial charge in [-0.05, 0) is 68.8 Å². The minimum atomic E-state index is -4.05. The molecule has 2 heteroatoms. The average Bonchev–Trinajstić information content (AvgIpc) is 3.16. The number of para-hydroxylation sites is 3. The van der Waals surface area contributed by atoms with Gasteiger partial charge in [-0.2, -0.15) is 0 Å². The molecule has 0 heterocycles. The summed E-state index contributed by atoms with van der Waals surface area (Å²) in [4.78, 5) is 0. The van der Waals surface area contributed by atoms with Gasteiger partial charge in [0.05, 0.1) is 36.3 Å². The fourth-order valence-corrected chi connectivity index (χ4v) is 3.81. The second kappa shape index (κ2) is 10.9. The molecule has 0 aromatic heterocycles. The fourth-order valence-electron chi connectivity index (χ4n) is 3.81. The van der Waals surface area contributed by atoms with Crippen LogP contribution < -0.4 is 11.1 Å². The Morgan fingerprint density at radius 3 is 1.78 bits per heavy atom. The van der Waals surface area contributed by atoms with Crippen LogP contribution >= 0.6 is 0 Å². The Labute approximate surface area is 282 Å². The van der Waals surface area contributed by atoms with Gasteiger partial charge in [-0.1, -0.05) is 138 Å². The quantitative estimate of drug-likeness (QED) is 0.208. The first kappa shape index (κ1) is 10.5. The van der Waals surface area contributed by atoms with Gasteiger partial charge in [0.1, 0.15) is 0 Å². The van der Waals surface area contributed by atoms with Gasteiger partial charge >= 0.3 is 0 Å². The molecule has 0 unspecified atom stereocenters. The predicted molar refractivity (Wildman–Crippen MR) is 179 cm³/mol. The summed E-state index contributed by atoms with van der Waals surface area (Å²) in [5.74, 6) is 0. The lowest BCUT2D eigenvalue weighted by molar-refractivity contribution is 0.589. The summed E-state index contributed by atoms with van der Waals surface area (Å²) in [5, 5.41) is 2.79. The molecule has 2 nitrogen and oxygen atoms in total. The standard InChI is InChI=1S/C39H42N2/c1-26-25-31(39(5,6)7)23-24-32(26)27-15-17-28(18-16-27)33-11-10-12-34(29-19-21-30(22-20-29)38(2,3)4)37(33)41-36-14-9-8-13-35(36)40/h8-25,41H,40H2,1-7H3/i1D3,2D3,3D3,4D3,10D,11D,12D,15D,16D,17D,18D,19D,20D,21D,22D,23D,24D,25D. The van der Waals surface area contributed by atoms with E-state index in [0.29, 0.717) is 0 Å². The lowest BCUT2D eigenvalue weighted by Gasteiger charge is -2.21. The maximum Gasteiger partial charge on any atom is 0.0630 e. The Morgan fingerprint density at radius 1 is 0.659 bits per heavy atom. The third-order valence-electron chi connectivity index (χ3n) is 6.03. The lowest BCUT2D eigenvalue weighted by Crippen LogP contribution is -2.11. The van der Waals surface area contributed by atoms with Crippen LogP contribution in [-0.2, 0) is 10.8 Å². The van der Waals surface area contributed by atoms with Gasteiger partial charge in [-0.25, -0.2) is 0 Å². The minimum Gasteiger partial charge on any atom is -0.397 e. The summed E-state index contributed by atoms with van der Waals surface area (Å²) in [7, 11) is 0. The Hall–Kier alpha value is -4.30. The second-order valence-corrected chi connectivity index (χ2v) is 10.2. The zero-order chi connectivity index (χ0) is 51.5. The Balaban J connectivity index is 2.08. The normalized spacial score (nSPS) is 22.2. The van der Waals surface area contributed by atoms with E-state index in [9.17, 15) is 6.85 Å². The van der Waals surface area contributed by atoms with Gasteiger partial charge in [0.25, 0.3) is 0 Å². The molecule has 0 radical (unpaired) electrons. The van der Waals surface area contributed by atoms with E-state index in [1.165, 1.54) is 24.3 Å². The van der Waals surface area contributed by atoms with E-state index >= 15 is 0 Å². The summed E-state index contributed by atoms with van der Waals surface area (Å²) in [5.41, 5.74) is -7.34. The maximum absolute atomic E-state index is 9.32. The first-order valence-corrected chi connectivity index (χ1v) is 12.4. The number of benzene rings is 5. The van der Waals surface area contributed by atoms with E-state index < -0.39 is 173 Å². The van der Waals surface area contributed by atoms with E-state index in [2.05, 4.69) is 5.32 Å². The van der Waals surface area contributed by atoms with Crippen LogP contribution in [-0.4, -0.2) is 0 Å². The monoisotopic (exact) mass is 564 g/mol. The summed E-state index contributed by atoms with van der Waals surface area (Å²) in [6.45, 7) is -10.6. The summed E-state index contributed by atoms with van der Waals surface area (Å²) >= 11 is 0. The van der Waals surface area contributed by atoms with Crippen LogP contribution in [0.4, 0.5) is 17.1 Å². The molecule has 208 valence electrons. The molecule has 41 heavy (non-hydrogen) atoms. The highest BCUT2D eigenvalue weighted by Gasteiger charge is 2.18. The van der Waals surface area contributed by atoms with E-state index in [1.807, 2.05) is 0 Å². The van der Waals surface area contributed by atoms with Crippen molar-refractivity contribution in [2.24, 2.45) is 0 Å². The third kappa shape index (κ3) is 6.07. The van der Waals surface area contributed by atoms with Crippen molar-refractivity contribution in [3.05, 3.63) is 126 Å². The molecule has 3 N–H and O–H groups in total. The van der Waals surface area contributed by atoms with Crippen molar-refractivity contribution < 1.29 is 35.6 Å². The lowest BCUT2D eigenvalue weighted by atomic mass is 9.84. The topological polar surface area (TPSA) is 38.0 Å². The van der Waals surface area contributed by atoms with Gasteiger partial charge < -0.3 is 11.1 Å². The molecule has 0 aliphatic rings. The SMILES string of the molecule is [2H]c1c([2H])c(-c2c([2H])c([2H])c(-c3c([2H])c([2H])c(C(C)(C)C)c([2H])c3C([2H])([2H])[2H])c([2H])c2[2H])c(Nc2ccccc2N)c(-c2c([2H])c([2H])c(C(C([2H])([2H])[2H])(C([2H])([2H])[2H])C([2H])([2H])[2H])c([2H])c2[2H])c1[2H]. The van der Waals surface area contributed by atoms with Gasteiger partial charge in [0, 0.05) is 27.6 Å². The first-order chi connectivity index (χ1) is 30.2. The molecule has 0 saturated heterocycles. The molecule has 5 aromatic rings. The fraction of sp³-hybridized carbons (Fsp3) is 0.231. The van der Waals surface area contributed by atoms with Crippen LogP contribution in [0, 0.1) is 6.85 Å². The Kier molecular flexibility index (Phi) is 2.80. The minimum absolute atomic E-state index is 0.0636. The highest BCUT2D eigenvalue weighted by Crippen LogP contribution is 2.41. The number of hydrogen-bond acceptors (Lipinski definition) is 2. The third-order valence-corrected chi connectivity index (χ3v) is 6.03. The first-order valence-electron chi connectivity index (χ1n) is 25.4. The van der Waals surface area contributed by atoms with Crippen LogP contribution in [0.1, 0.15) is 93.7 Å². The molecule has 0 amide bonds. The molecule has 0 aliphatic heterocycles. The number of hydrogen-bond donors (Lipinski definition) is 2. The van der Waals surface area contributed by atoms with Crippen LogP contribution in [0.2, 0.25) is 0 Å². The molecule has 5 rings (SSSR count). The predicted octanol–water partition coefficient (Wildman–Crippen LogP) is 10.9. The van der Waals surface area contributed by atoms with Crippen molar-refractivity contribution in [2.45, 2.75) is 59.0 Å². The van der Waals surface area contributed by atoms with Crippen LogP contribution in [0.5, 0.6) is 0 Å². The van der Waals surface area contributed by atoms with Crippen molar-refractivity contribution >= 4 is 17.1 Å². The Morgan fingerprint density at radius 2 is 1.22 bits per heavy atom. The highest BCUT2D eigenvalue weighted by atomic mass is 14.9. The van der Waals surface area contributed by atoms with Crippen LogP contribution in [0.25, 0.3) is 33.4 Å². The second-order valence-electron chi connectivity index (χ2n) is 10.2. The molecular formula is C39H42N2. The largest absolute Gasteiger partial charge is 0.397 e. The van der Waals surface area contributed by atoms with E-state index in [4.69, 9.17) is 34.5 Å². The molecule has 5 aromatic carbocycles. The molecule has 0 saturated carbocycles. The van der Waals surface area contributed by atoms with Crippen molar-refractivity contribution in [1.82, 2.24) is 0 Å². The smallest absolute Gasteiger partial charge is 0.0630 e. The van der Waals surface area contributed by atoms with E-state index in [-0.39, 0.29) is 16.9 Å². The van der Waals surface area contributed by atoms with Gasteiger partial charge in [0.15, 0.2) is 0 Å². The number of nitrogen functional groups attached to an aromatic ring is 1. The molecule has 0 fully saturated rings. The van der Waals surface area contributed by atoms with Crippen LogP contribution in [0.3, 0.4) is 0 Å². The number of anilines is 3. The van der Waals surface area contributed by atoms with Crippen molar-refractivity contribution in [2.75, 3.05) is 11.1 Å². The molecule has 0 bridgehead atoms. The Bertz CT molecular complexity index is 2770. The van der Waals surface area contributed by atoms with Gasteiger partial charge in [0.2, 0.25) is 0 Å². The van der Waals surface area contributed by atoms with E-state index in [1.54, 1.807) is 20.8 Å². The number of nitrogens with one attached hydrogen (secondary N) is 1. The summed E-state index contributed by atoms with van der Waals surface area (Å²) in [6.07, 6.45) is 0.